The van der Waals surface area contributed by atoms with Crippen LogP contribution in [-0.2, 0) is 5.41 Å². The zero-order valence-electron chi connectivity index (χ0n) is 11.3. The number of hydrogen-bond donors (Lipinski definition) is 2. The number of rotatable bonds is 4. The molecule has 0 aliphatic carbocycles. The molecule has 0 bridgehead atoms. The molecule has 0 atom stereocenters. The van der Waals surface area contributed by atoms with E-state index in [9.17, 15) is 4.79 Å². The summed E-state index contributed by atoms with van der Waals surface area (Å²) in [5.74, 6) is 0.871. The van der Waals surface area contributed by atoms with E-state index >= 15 is 0 Å². The van der Waals surface area contributed by atoms with Crippen LogP contribution in [0.25, 0.3) is 0 Å². The van der Waals surface area contributed by atoms with E-state index in [0.29, 0.717) is 0 Å². The largest absolute Gasteiger partial charge is 0.348 e. The smallest absolute Gasteiger partial charge is 0.163 e. The number of carbonyl (C=O) groups excluding carboxylic acids is 1. The molecule has 0 spiro atoms. The molecule has 0 saturated carbocycles. The monoisotopic (exact) mass is 234 g/mol. The molecule has 0 aliphatic heterocycles. The van der Waals surface area contributed by atoms with Gasteiger partial charge in [-0.3, -0.25) is 4.79 Å². The molecule has 0 amide bonds. The average Bonchev–Trinajstić information content (AvgIpc) is 2.61. The van der Waals surface area contributed by atoms with Crippen molar-refractivity contribution in [2.75, 3.05) is 5.32 Å². The maximum atomic E-state index is 11.7. The highest BCUT2D eigenvalue weighted by Crippen LogP contribution is 2.30. The summed E-state index contributed by atoms with van der Waals surface area (Å²) >= 11 is 0. The first-order valence-electron chi connectivity index (χ1n) is 6.02. The van der Waals surface area contributed by atoms with E-state index in [1.807, 2.05) is 18.5 Å². The van der Waals surface area contributed by atoms with Crippen LogP contribution < -0.4 is 5.32 Å². The second-order valence-electron chi connectivity index (χ2n) is 5.21. The molecule has 0 aromatic carbocycles. The number of ketones is 1. The van der Waals surface area contributed by atoms with E-state index in [0.717, 1.165) is 23.4 Å². The zero-order valence-corrected chi connectivity index (χ0v) is 11.3. The summed E-state index contributed by atoms with van der Waals surface area (Å²) in [5, 5.41) is 3.13. The first kappa shape index (κ1) is 13.6. The molecule has 0 aliphatic rings. The second kappa shape index (κ2) is 5.21. The maximum Gasteiger partial charge on any atom is 0.163 e. The van der Waals surface area contributed by atoms with Gasteiger partial charge in [-0.1, -0.05) is 33.8 Å². The normalized spacial score (nSPS) is 12.1. The lowest BCUT2D eigenvalue weighted by atomic mass is 9.85. The van der Waals surface area contributed by atoms with Crippen LogP contribution in [0.1, 0.15) is 57.0 Å². The van der Waals surface area contributed by atoms with Gasteiger partial charge in [0.2, 0.25) is 0 Å². The van der Waals surface area contributed by atoms with Crippen molar-refractivity contribution >= 4 is 11.6 Å². The molecule has 3 heteroatoms. The molecule has 17 heavy (non-hydrogen) atoms. The van der Waals surface area contributed by atoms with E-state index in [4.69, 9.17) is 0 Å². The number of aromatic amines is 1. The van der Waals surface area contributed by atoms with Gasteiger partial charge in [-0.15, -0.1) is 0 Å². The van der Waals surface area contributed by atoms with Crippen molar-refractivity contribution in [1.82, 2.24) is 4.98 Å². The van der Waals surface area contributed by atoms with Crippen LogP contribution in [0.2, 0.25) is 0 Å². The third-order valence-electron chi connectivity index (χ3n) is 2.62. The Labute approximate surface area is 103 Å². The summed E-state index contributed by atoms with van der Waals surface area (Å²) in [6.07, 6.45) is 6.76. The Morgan fingerprint density at radius 1 is 1.47 bits per heavy atom. The van der Waals surface area contributed by atoms with Gasteiger partial charge in [0.05, 0.1) is 5.56 Å². The number of hydrogen-bond acceptors (Lipinski definition) is 2. The highest BCUT2D eigenvalue weighted by atomic mass is 16.1. The van der Waals surface area contributed by atoms with Crippen LogP contribution in [0.4, 0.5) is 5.82 Å². The molecule has 2 N–H and O–H groups in total. The van der Waals surface area contributed by atoms with Crippen molar-refractivity contribution in [1.29, 1.82) is 0 Å². The predicted molar refractivity (Wildman–Crippen MR) is 72.6 cm³/mol. The Bertz CT molecular complexity index is 422. The molecule has 1 aromatic rings. The van der Waals surface area contributed by atoms with Gasteiger partial charge in [0.15, 0.2) is 5.78 Å². The standard InChI is InChI=1S/C14H22N2O/c1-6-7-8-15-13-12(10(2)17)11(9-16-13)14(3,4)5/h7-9,15-16H,6H2,1-5H3/b8-7+. The van der Waals surface area contributed by atoms with Crippen LogP contribution in [0.3, 0.4) is 0 Å². The van der Waals surface area contributed by atoms with E-state index in [1.54, 1.807) is 6.92 Å². The number of Topliss-reactive ketones (excluding diaryl/α,β-unsaturated/α-hetero) is 1. The van der Waals surface area contributed by atoms with Gasteiger partial charge in [-0.05, 0) is 30.5 Å². The Morgan fingerprint density at radius 2 is 2.12 bits per heavy atom. The molecular formula is C14H22N2O. The van der Waals surface area contributed by atoms with Crippen LogP contribution in [-0.4, -0.2) is 10.8 Å². The Hall–Kier alpha value is -1.51. The molecule has 0 saturated heterocycles. The lowest BCUT2D eigenvalue weighted by molar-refractivity contribution is 0.101. The van der Waals surface area contributed by atoms with Gasteiger partial charge >= 0.3 is 0 Å². The van der Waals surface area contributed by atoms with Crippen LogP contribution >= 0.6 is 0 Å². The highest BCUT2D eigenvalue weighted by Gasteiger charge is 2.24. The first-order chi connectivity index (χ1) is 7.88. The summed E-state index contributed by atoms with van der Waals surface area (Å²) in [5.41, 5.74) is 1.78. The summed E-state index contributed by atoms with van der Waals surface area (Å²) in [6, 6.07) is 0. The molecule has 1 heterocycles. The third-order valence-corrected chi connectivity index (χ3v) is 2.62. The van der Waals surface area contributed by atoms with Crippen molar-refractivity contribution in [3.05, 3.63) is 29.6 Å². The zero-order chi connectivity index (χ0) is 13.1. The quantitative estimate of drug-likeness (QED) is 0.777. The van der Waals surface area contributed by atoms with Gasteiger partial charge < -0.3 is 10.3 Å². The van der Waals surface area contributed by atoms with E-state index in [2.05, 4.69) is 38.0 Å². The SMILES string of the molecule is CC/C=C/Nc1[nH]cc(C(C)(C)C)c1C(C)=O. The Kier molecular flexibility index (Phi) is 4.16. The minimum atomic E-state index is -0.0358. The van der Waals surface area contributed by atoms with Crippen molar-refractivity contribution in [3.8, 4) is 0 Å². The van der Waals surface area contributed by atoms with Gasteiger partial charge in [0.1, 0.15) is 5.82 Å². The number of nitrogens with one attached hydrogen (secondary N) is 2. The number of aromatic nitrogens is 1. The number of allylic oxidation sites excluding steroid dienone is 1. The highest BCUT2D eigenvalue weighted by molar-refractivity contribution is 6.01. The lowest BCUT2D eigenvalue weighted by Crippen LogP contribution is -2.14. The summed E-state index contributed by atoms with van der Waals surface area (Å²) in [4.78, 5) is 14.9. The topological polar surface area (TPSA) is 44.9 Å². The molecule has 1 aromatic heterocycles. The van der Waals surface area contributed by atoms with Crippen molar-refractivity contribution in [3.63, 3.8) is 0 Å². The van der Waals surface area contributed by atoms with E-state index in [1.165, 1.54) is 0 Å². The molecule has 0 unspecified atom stereocenters. The Morgan fingerprint density at radius 3 is 2.59 bits per heavy atom. The fourth-order valence-corrected chi connectivity index (χ4v) is 1.75. The van der Waals surface area contributed by atoms with Gasteiger partial charge in [0.25, 0.3) is 0 Å². The minimum Gasteiger partial charge on any atom is -0.348 e. The summed E-state index contributed by atoms with van der Waals surface area (Å²) in [6.45, 7) is 9.99. The minimum absolute atomic E-state index is 0.0358. The predicted octanol–water partition coefficient (Wildman–Crippen LogP) is 3.85. The second-order valence-corrected chi connectivity index (χ2v) is 5.21. The van der Waals surface area contributed by atoms with E-state index < -0.39 is 0 Å². The van der Waals surface area contributed by atoms with Crippen molar-refractivity contribution in [2.45, 2.75) is 46.5 Å². The molecule has 0 radical (unpaired) electrons. The van der Waals surface area contributed by atoms with Crippen molar-refractivity contribution in [2.24, 2.45) is 0 Å². The van der Waals surface area contributed by atoms with Crippen molar-refractivity contribution < 1.29 is 4.79 Å². The fourth-order valence-electron chi connectivity index (χ4n) is 1.75. The van der Waals surface area contributed by atoms with Gasteiger partial charge in [0, 0.05) is 6.20 Å². The fraction of sp³-hybridized carbons (Fsp3) is 0.500. The number of H-pyrrole nitrogens is 1. The van der Waals surface area contributed by atoms with Gasteiger partial charge in [-0.2, -0.15) is 0 Å². The van der Waals surface area contributed by atoms with Gasteiger partial charge in [-0.25, -0.2) is 0 Å². The number of carbonyl (C=O) groups is 1. The van der Waals surface area contributed by atoms with E-state index in [-0.39, 0.29) is 11.2 Å². The number of anilines is 1. The molecule has 94 valence electrons. The lowest BCUT2D eigenvalue weighted by Gasteiger charge is -2.18. The summed E-state index contributed by atoms with van der Waals surface area (Å²) in [7, 11) is 0. The molecule has 1 rings (SSSR count). The molecular weight excluding hydrogens is 212 g/mol. The Balaban J connectivity index is 3.12. The molecule has 0 fully saturated rings. The average molecular weight is 234 g/mol. The maximum absolute atomic E-state index is 11.7. The van der Waals surface area contributed by atoms with Crippen LogP contribution in [0.5, 0.6) is 0 Å². The van der Waals surface area contributed by atoms with Crippen LogP contribution in [0.15, 0.2) is 18.5 Å². The van der Waals surface area contributed by atoms with Crippen LogP contribution in [0, 0.1) is 0 Å². The molecule has 3 nitrogen and oxygen atoms in total. The summed E-state index contributed by atoms with van der Waals surface area (Å²) < 4.78 is 0. The first-order valence-corrected chi connectivity index (χ1v) is 6.02. The third kappa shape index (κ3) is 3.22.